The zero-order chi connectivity index (χ0) is 8.97. The highest BCUT2D eigenvalue weighted by Gasteiger charge is 2.04. The van der Waals surface area contributed by atoms with Gasteiger partial charge in [-0.3, -0.25) is 0 Å². The molecule has 1 atom stereocenters. The van der Waals surface area contributed by atoms with E-state index in [0.717, 1.165) is 0 Å². The minimum atomic E-state index is -1.79. The van der Waals surface area contributed by atoms with Gasteiger partial charge < -0.3 is 14.4 Å². The quantitative estimate of drug-likeness (QED) is 0.719. The number of hydrogen-bond donors (Lipinski definition) is 2. The lowest BCUT2D eigenvalue weighted by atomic mass is 10.3. The Kier molecular flexibility index (Phi) is 3.07. The predicted octanol–water partition coefficient (Wildman–Crippen LogP) is 0.385. The van der Waals surface area contributed by atoms with Crippen LogP contribution in [-0.2, 0) is 11.1 Å². The molecule has 5 heteroatoms. The van der Waals surface area contributed by atoms with Gasteiger partial charge in [-0.05, 0) is 12.1 Å². The average Bonchev–Trinajstić information content (AvgIpc) is 2.09. The molecule has 1 unspecified atom stereocenters. The number of aliphatic hydroxyl groups is 1. The van der Waals surface area contributed by atoms with Crippen molar-refractivity contribution in [2.45, 2.75) is 0 Å². The maximum atomic E-state index is 10.7. The summed E-state index contributed by atoms with van der Waals surface area (Å²) >= 11 is -1.79. The standard InChI is InChI=1S/C7H8O4S/c8-5-12(10)11-7-4-2-1-3-6(7)9/h1-4,8-9H,5H2. The molecule has 0 bridgehead atoms. The molecule has 4 nitrogen and oxygen atoms in total. The molecule has 0 spiro atoms. The van der Waals surface area contributed by atoms with E-state index in [1.165, 1.54) is 12.1 Å². The van der Waals surface area contributed by atoms with Crippen molar-refractivity contribution in [2.75, 3.05) is 5.94 Å². The Hall–Kier alpha value is -1.07. The summed E-state index contributed by atoms with van der Waals surface area (Å²) in [6.45, 7) is 0. The lowest BCUT2D eigenvalue weighted by molar-refractivity contribution is 0.353. The number of rotatable bonds is 3. The smallest absolute Gasteiger partial charge is 0.233 e. The zero-order valence-electron chi connectivity index (χ0n) is 6.14. The molecule has 2 N–H and O–H groups in total. The van der Waals surface area contributed by atoms with Crippen molar-refractivity contribution in [1.82, 2.24) is 0 Å². The number of benzene rings is 1. The molecular weight excluding hydrogens is 180 g/mol. The summed E-state index contributed by atoms with van der Waals surface area (Å²) in [5.41, 5.74) is 0. The third-order valence-electron chi connectivity index (χ3n) is 1.15. The van der Waals surface area contributed by atoms with Crippen LogP contribution in [0.25, 0.3) is 0 Å². The van der Waals surface area contributed by atoms with Gasteiger partial charge in [0.2, 0.25) is 11.1 Å². The van der Waals surface area contributed by atoms with Gasteiger partial charge in [-0.15, -0.1) is 0 Å². The second kappa shape index (κ2) is 4.08. The summed E-state index contributed by atoms with van der Waals surface area (Å²) in [6, 6.07) is 6.11. The monoisotopic (exact) mass is 188 g/mol. The van der Waals surface area contributed by atoms with E-state index in [1.807, 2.05) is 0 Å². The Balaban J connectivity index is 2.75. The minimum absolute atomic E-state index is 0.0979. The van der Waals surface area contributed by atoms with Crippen LogP contribution in [0.1, 0.15) is 0 Å². The van der Waals surface area contributed by atoms with Crippen molar-refractivity contribution in [3.05, 3.63) is 24.3 Å². The number of hydrogen-bond acceptors (Lipinski definition) is 4. The second-order valence-corrected chi connectivity index (χ2v) is 3.02. The summed E-state index contributed by atoms with van der Waals surface area (Å²) in [6.07, 6.45) is 0. The van der Waals surface area contributed by atoms with E-state index in [1.54, 1.807) is 12.1 Å². The fraction of sp³-hybridized carbons (Fsp3) is 0.143. The van der Waals surface area contributed by atoms with Crippen LogP contribution in [-0.4, -0.2) is 20.4 Å². The van der Waals surface area contributed by atoms with Gasteiger partial charge in [-0.25, -0.2) is 4.21 Å². The van der Waals surface area contributed by atoms with Crippen LogP contribution < -0.4 is 4.18 Å². The average molecular weight is 188 g/mol. The zero-order valence-corrected chi connectivity index (χ0v) is 6.95. The van der Waals surface area contributed by atoms with E-state index in [-0.39, 0.29) is 11.5 Å². The second-order valence-electron chi connectivity index (χ2n) is 1.98. The Morgan fingerprint density at radius 2 is 2.08 bits per heavy atom. The molecule has 0 aromatic heterocycles. The van der Waals surface area contributed by atoms with E-state index >= 15 is 0 Å². The van der Waals surface area contributed by atoms with Gasteiger partial charge in [-0.1, -0.05) is 12.1 Å². The molecule has 0 saturated carbocycles. The summed E-state index contributed by atoms with van der Waals surface area (Å²) in [4.78, 5) is 0. The lowest BCUT2D eigenvalue weighted by Crippen LogP contribution is -2.04. The summed E-state index contributed by atoms with van der Waals surface area (Å²) in [7, 11) is 0. The molecule has 1 aromatic carbocycles. The highest BCUT2D eigenvalue weighted by Crippen LogP contribution is 2.24. The Morgan fingerprint density at radius 3 is 2.67 bits per heavy atom. The van der Waals surface area contributed by atoms with Crippen LogP contribution in [0.3, 0.4) is 0 Å². The van der Waals surface area contributed by atoms with Crippen molar-refractivity contribution >= 4 is 11.1 Å². The van der Waals surface area contributed by atoms with E-state index in [4.69, 9.17) is 10.2 Å². The fourth-order valence-corrected chi connectivity index (χ4v) is 1.05. The first kappa shape index (κ1) is 9.02. The van der Waals surface area contributed by atoms with Crippen molar-refractivity contribution in [1.29, 1.82) is 0 Å². The molecule has 1 rings (SSSR count). The van der Waals surface area contributed by atoms with Crippen LogP contribution in [0.2, 0.25) is 0 Å². The van der Waals surface area contributed by atoms with Gasteiger partial charge in [0.15, 0.2) is 17.4 Å². The molecule has 0 radical (unpaired) electrons. The first-order chi connectivity index (χ1) is 5.74. The largest absolute Gasteiger partial charge is 0.504 e. The van der Waals surface area contributed by atoms with Gasteiger partial charge in [0, 0.05) is 0 Å². The third-order valence-corrected chi connectivity index (χ3v) is 1.73. The van der Waals surface area contributed by atoms with Crippen molar-refractivity contribution in [3.8, 4) is 11.5 Å². The summed E-state index contributed by atoms with van der Waals surface area (Å²) in [5.74, 6) is -0.585. The highest BCUT2D eigenvalue weighted by atomic mass is 32.2. The van der Waals surface area contributed by atoms with E-state index in [9.17, 15) is 4.21 Å². The van der Waals surface area contributed by atoms with Gasteiger partial charge >= 0.3 is 0 Å². The van der Waals surface area contributed by atoms with E-state index < -0.39 is 17.0 Å². The van der Waals surface area contributed by atoms with Crippen molar-refractivity contribution in [2.24, 2.45) is 0 Å². The van der Waals surface area contributed by atoms with Crippen molar-refractivity contribution < 1.29 is 18.6 Å². The molecule has 0 fully saturated rings. The molecule has 12 heavy (non-hydrogen) atoms. The highest BCUT2D eigenvalue weighted by molar-refractivity contribution is 7.80. The summed E-state index contributed by atoms with van der Waals surface area (Å²) < 4.78 is 15.3. The van der Waals surface area contributed by atoms with Crippen LogP contribution in [0.15, 0.2) is 24.3 Å². The molecule has 1 aromatic rings. The normalized spacial score (nSPS) is 12.4. The minimum Gasteiger partial charge on any atom is -0.504 e. The Bertz CT molecular complexity index is 286. The SMILES string of the molecule is O=S(CO)Oc1ccccc1O. The Morgan fingerprint density at radius 1 is 1.42 bits per heavy atom. The van der Waals surface area contributed by atoms with Crippen LogP contribution in [0.5, 0.6) is 11.5 Å². The molecule has 0 heterocycles. The van der Waals surface area contributed by atoms with Gasteiger partial charge in [0.05, 0.1) is 0 Å². The number of phenols is 1. The fourth-order valence-electron chi connectivity index (χ4n) is 0.654. The number of para-hydroxylation sites is 2. The topological polar surface area (TPSA) is 66.8 Å². The van der Waals surface area contributed by atoms with E-state index in [0.29, 0.717) is 0 Å². The van der Waals surface area contributed by atoms with Crippen molar-refractivity contribution in [3.63, 3.8) is 0 Å². The molecule has 0 aliphatic rings. The molecule has 0 aliphatic carbocycles. The predicted molar refractivity (Wildman–Crippen MR) is 44.0 cm³/mol. The first-order valence-corrected chi connectivity index (χ1v) is 4.44. The first-order valence-electron chi connectivity index (χ1n) is 3.19. The van der Waals surface area contributed by atoms with Crippen LogP contribution in [0, 0.1) is 0 Å². The molecular formula is C7H8O4S. The molecule has 0 aliphatic heterocycles. The van der Waals surface area contributed by atoms with Gasteiger partial charge in [0.1, 0.15) is 0 Å². The number of aromatic hydroxyl groups is 1. The Labute approximate surface area is 72.1 Å². The van der Waals surface area contributed by atoms with Crippen LogP contribution in [0.4, 0.5) is 0 Å². The number of phenolic OH excluding ortho intramolecular Hbond substituents is 1. The molecule has 0 amide bonds. The molecule has 66 valence electrons. The van der Waals surface area contributed by atoms with Gasteiger partial charge in [0.25, 0.3) is 0 Å². The maximum absolute atomic E-state index is 10.7. The van der Waals surface area contributed by atoms with Crippen LogP contribution >= 0.6 is 0 Å². The summed E-state index contributed by atoms with van der Waals surface area (Å²) in [5, 5.41) is 17.5. The molecule has 0 saturated heterocycles. The third kappa shape index (κ3) is 2.21. The number of aliphatic hydroxyl groups excluding tert-OH is 1. The lowest BCUT2D eigenvalue weighted by Gasteiger charge is -2.03. The van der Waals surface area contributed by atoms with Gasteiger partial charge in [-0.2, -0.15) is 0 Å². The van der Waals surface area contributed by atoms with E-state index in [2.05, 4.69) is 4.18 Å². The maximum Gasteiger partial charge on any atom is 0.233 e.